The Bertz CT molecular complexity index is 850. The molecule has 29 heavy (non-hydrogen) atoms. The molecule has 7 heteroatoms. The van der Waals surface area contributed by atoms with Crippen LogP contribution in [0.2, 0.25) is 0 Å². The lowest BCUT2D eigenvalue weighted by atomic mass is 10.2. The number of rotatable bonds is 7. The van der Waals surface area contributed by atoms with E-state index in [1.54, 1.807) is 0 Å². The number of fused-ring (bicyclic) bond motifs is 1. The van der Waals surface area contributed by atoms with Gasteiger partial charge in [-0.3, -0.25) is 9.79 Å². The number of carbonyl (C=O) groups excluding carboxylic acids is 1. The molecule has 0 radical (unpaired) electrons. The van der Waals surface area contributed by atoms with E-state index < -0.39 is 0 Å². The molecule has 7 nitrogen and oxygen atoms in total. The van der Waals surface area contributed by atoms with E-state index >= 15 is 0 Å². The van der Waals surface area contributed by atoms with Gasteiger partial charge in [0, 0.05) is 43.5 Å². The Morgan fingerprint density at radius 2 is 2.10 bits per heavy atom. The number of pyridine rings is 1. The van der Waals surface area contributed by atoms with Crippen LogP contribution in [0, 0.1) is 5.92 Å². The van der Waals surface area contributed by atoms with Crippen molar-refractivity contribution in [2.24, 2.45) is 10.9 Å². The lowest BCUT2D eigenvalue weighted by Crippen LogP contribution is -2.45. The molecule has 2 heterocycles. The third-order valence-electron chi connectivity index (χ3n) is 4.97. The lowest BCUT2D eigenvalue weighted by Gasteiger charge is -2.20. The van der Waals surface area contributed by atoms with Gasteiger partial charge in [-0.15, -0.1) is 0 Å². The molecule has 3 rings (SSSR count). The van der Waals surface area contributed by atoms with Crippen molar-refractivity contribution in [3.63, 3.8) is 0 Å². The number of guanidine groups is 1. The maximum Gasteiger partial charge on any atom is 0.225 e. The smallest absolute Gasteiger partial charge is 0.225 e. The number of hydrogen-bond donors (Lipinski definition) is 3. The van der Waals surface area contributed by atoms with Gasteiger partial charge in [0.05, 0.1) is 12.1 Å². The van der Waals surface area contributed by atoms with Crippen LogP contribution in [0.3, 0.4) is 0 Å². The van der Waals surface area contributed by atoms with Crippen LogP contribution in [0.5, 0.6) is 0 Å². The molecule has 1 unspecified atom stereocenters. The third kappa shape index (κ3) is 5.82. The average molecular weight is 397 g/mol. The van der Waals surface area contributed by atoms with Crippen molar-refractivity contribution in [3.05, 3.63) is 36.4 Å². The van der Waals surface area contributed by atoms with Crippen molar-refractivity contribution < 1.29 is 4.79 Å². The summed E-state index contributed by atoms with van der Waals surface area (Å²) >= 11 is 0. The number of benzene rings is 1. The number of carbonyl (C=O) groups is 1. The second-order valence-electron chi connectivity index (χ2n) is 7.65. The zero-order valence-corrected chi connectivity index (χ0v) is 17.6. The Labute approximate surface area is 173 Å². The number of nitrogens with zero attached hydrogens (tertiary/aromatic N) is 3. The molecule has 1 fully saturated rings. The Hall–Kier alpha value is -2.83. The maximum absolute atomic E-state index is 12.2. The third-order valence-corrected chi connectivity index (χ3v) is 4.97. The van der Waals surface area contributed by atoms with Crippen molar-refractivity contribution in [2.75, 3.05) is 38.0 Å². The maximum atomic E-state index is 12.2. The number of aromatic nitrogens is 1. The number of nitrogens with one attached hydrogen (secondary N) is 3. The summed E-state index contributed by atoms with van der Waals surface area (Å²) in [4.78, 5) is 23.4. The van der Waals surface area contributed by atoms with Gasteiger partial charge in [0.25, 0.3) is 0 Å². The SMILES string of the molecule is CCNC(=NCCNc1ccc2ccccc2n1)NC1CCN(C(=O)C(C)C)C1. The first-order valence-electron chi connectivity index (χ1n) is 10.5. The van der Waals surface area contributed by atoms with Crippen molar-refractivity contribution in [2.45, 2.75) is 33.2 Å². The van der Waals surface area contributed by atoms with Gasteiger partial charge in [-0.25, -0.2) is 4.98 Å². The van der Waals surface area contributed by atoms with E-state index in [9.17, 15) is 4.79 Å². The minimum absolute atomic E-state index is 0.0467. The molecule has 1 atom stereocenters. The van der Waals surface area contributed by atoms with Crippen LogP contribution >= 0.6 is 0 Å². The topological polar surface area (TPSA) is 81.7 Å². The van der Waals surface area contributed by atoms with Gasteiger partial charge in [0.2, 0.25) is 5.91 Å². The summed E-state index contributed by atoms with van der Waals surface area (Å²) in [6.45, 7) is 9.63. The molecule has 2 aromatic rings. The summed E-state index contributed by atoms with van der Waals surface area (Å²) in [5, 5.41) is 11.2. The molecule has 1 aliphatic rings. The molecule has 1 aromatic carbocycles. The molecule has 1 saturated heterocycles. The van der Waals surface area contributed by atoms with Gasteiger partial charge in [0.15, 0.2) is 5.96 Å². The molecule has 156 valence electrons. The fourth-order valence-electron chi connectivity index (χ4n) is 3.47. The Kier molecular flexibility index (Phi) is 7.27. The van der Waals surface area contributed by atoms with E-state index in [2.05, 4.69) is 45.0 Å². The summed E-state index contributed by atoms with van der Waals surface area (Å²) in [6.07, 6.45) is 0.947. The molecular formula is C22H32N6O. The van der Waals surface area contributed by atoms with Crippen LogP contribution in [-0.2, 0) is 4.79 Å². The highest BCUT2D eigenvalue weighted by Gasteiger charge is 2.27. The number of likely N-dealkylation sites (tertiary alicyclic amines) is 1. The standard InChI is InChI=1S/C22H32N6O/c1-4-23-22(26-18-11-14-28(15-18)21(29)16(2)3)25-13-12-24-20-10-9-17-7-5-6-8-19(17)27-20/h5-10,16,18H,4,11-15H2,1-3H3,(H,24,27)(H2,23,25,26). The molecular weight excluding hydrogens is 364 g/mol. The quantitative estimate of drug-likeness (QED) is 0.381. The van der Waals surface area contributed by atoms with E-state index in [0.717, 1.165) is 48.7 Å². The Balaban J connectivity index is 1.49. The second-order valence-corrected chi connectivity index (χ2v) is 7.65. The number of amides is 1. The largest absolute Gasteiger partial charge is 0.368 e. The number of hydrogen-bond acceptors (Lipinski definition) is 4. The Morgan fingerprint density at radius 1 is 1.28 bits per heavy atom. The minimum atomic E-state index is 0.0467. The van der Waals surface area contributed by atoms with Gasteiger partial charge in [0.1, 0.15) is 5.82 Å². The van der Waals surface area contributed by atoms with Gasteiger partial charge < -0.3 is 20.9 Å². The summed E-state index contributed by atoms with van der Waals surface area (Å²) in [6, 6.07) is 12.4. The highest BCUT2D eigenvalue weighted by Crippen LogP contribution is 2.14. The number of aliphatic imine (C=N–C) groups is 1. The fourth-order valence-corrected chi connectivity index (χ4v) is 3.47. The molecule has 0 saturated carbocycles. The van der Waals surface area contributed by atoms with Crippen molar-refractivity contribution >= 4 is 28.6 Å². The van der Waals surface area contributed by atoms with E-state index in [1.807, 2.05) is 43.0 Å². The van der Waals surface area contributed by atoms with E-state index in [4.69, 9.17) is 0 Å². The highest BCUT2D eigenvalue weighted by atomic mass is 16.2. The van der Waals surface area contributed by atoms with Crippen LogP contribution in [0.4, 0.5) is 5.82 Å². The molecule has 3 N–H and O–H groups in total. The van der Waals surface area contributed by atoms with Crippen LogP contribution in [-0.4, -0.2) is 60.5 Å². The van der Waals surface area contributed by atoms with Crippen LogP contribution < -0.4 is 16.0 Å². The van der Waals surface area contributed by atoms with Crippen molar-refractivity contribution in [3.8, 4) is 0 Å². The molecule has 0 aliphatic carbocycles. The van der Waals surface area contributed by atoms with E-state index in [0.29, 0.717) is 13.1 Å². The molecule has 0 spiro atoms. The van der Waals surface area contributed by atoms with Crippen molar-refractivity contribution in [1.82, 2.24) is 20.5 Å². The summed E-state index contributed by atoms with van der Waals surface area (Å²) in [5.74, 6) is 1.92. The van der Waals surface area contributed by atoms with Crippen LogP contribution in [0.25, 0.3) is 10.9 Å². The zero-order valence-electron chi connectivity index (χ0n) is 17.6. The van der Waals surface area contributed by atoms with Gasteiger partial charge >= 0.3 is 0 Å². The summed E-state index contributed by atoms with van der Waals surface area (Å²) < 4.78 is 0. The number of para-hydroxylation sites is 1. The summed E-state index contributed by atoms with van der Waals surface area (Å²) in [7, 11) is 0. The predicted octanol–water partition coefficient (Wildman–Crippen LogP) is 2.46. The average Bonchev–Trinajstić information content (AvgIpc) is 3.19. The summed E-state index contributed by atoms with van der Waals surface area (Å²) in [5.41, 5.74) is 0.984. The number of anilines is 1. The van der Waals surface area contributed by atoms with Gasteiger partial charge in [-0.2, -0.15) is 0 Å². The Morgan fingerprint density at radius 3 is 2.90 bits per heavy atom. The molecule has 1 aliphatic heterocycles. The lowest BCUT2D eigenvalue weighted by molar-refractivity contribution is -0.133. The van der Waals surface area contributed by atoms with E-state index in [-0.39, 0.29) is 17.9 Å². The van der Waals surface area contributed by atoms with Crippen LogP contribution in [0.15, 0.2) is 41.4 Å². The highest BCUT2D eigenvalue weighted by molar-refractivity contribution is 5.81. The molecule has 0 bridgehead atoms. The normalized spacial score (nSPS) is 17.0. The fraction of sp³-hybridized carbons (Fsp3) is 0.500. The first-order chi connectivity index (χ1) is 14.1. The van der Waals surface area contributed by atoms with Gasteiger partial charge in [-0.05, 0) is 31.5 Å². The zero-order chi connectivity index (χ0) is 20.6. The second kappa shape index (κ2) is 10.1. The first kappa shape index (κ1) is 20.9. The molecule has 1 amide bonds. The minimum Gasteiger partial charge on any atom is -0.368 e. The van der Waals surface area contributed by atoms with Gasteiger partial charge in [-0.1, -0.05) is 32.0 Å². The first-order valence-corrected chi connectivity index (χ1v) is 10.5. The van der Waals surface area contributed by atoms with E-state index in [1.165, 1.54) is 0 Å². The monoisotopic (exact) mass is 396 g/mol. The molecule has 1 aromatic heterocycles. The predicted molar refractivity (Wildman–Crippen MR) is 119 cm³/mol. The van der Waals surface area contributed by atoms with Crippen molar-refractivity contribution in [1.29, 1.82) is 0 Å². The van der Waals surface area contributed by atoms with Crippen LogP contribution in [0.1, 0.15) is 27.2 Å².